The van der Waals surface area contributed by atoms with Crippen LogP contribution < -0.4 is 0 Å². The Kier molecular flexibility index (Phi) is 7.81. The molecule has 2 aliphatic heterocycles. The lowest BCUT2D eigenvalue weighted by Gasteiger charge is -2.38. The molecule has 1 saturated heterocycles. The number of aliphatic imine (C=N–C) groups is 1. The van der Waals surface area contributed by atoms with E-state index in [1.54, 1.807) is 20.8 Å². The number of halogens is 3. The molecule has 180 valence electrons. The average molecular weight is 467 g/mol. The second-order valence-corrected chi connectivity index (χ2v) is 8.05. The fourth-order valence-electron chi connectivity index (χ4n) is 4.52. The van der Waals surface area contributed by atoms with Gasteiger partial charge in [0.25, 0.3) is 0 Å². The van der Waals surface area contributed by atoms with Crippen LogP contribution in [0.2, 0.25) is 0 Å². The molecule has 0 saturated carbocycles. The zero-order valence-corrected chi connectivity index (χ0v) is 19.1. The first-order chi connectivity index (χ1) is 15.7. The number of carbonyl (C=O) groups excluding carboxylic acids is 2. The van der Waals surface area contributed by atoms with Crippen LogP contribution in [-0.4, -0.2) is 48.9 Å². The van der Waals surface area contributed by atoms with Crippen molar-refractivity contribution in [3.8, 4) is 0 Å². The summed E-state index contributed by atoms with van der Waals surface area (Å²) in [5.74, 6) is -3.63. The van der Waals surface area contributed by atoms with Gasteiger partial charge in [0.2, 0.25) is 0 Å². The number of hydrogen-bond donors (Lipinski definition) is 0. The summed E-state index contributed by atoms with van der Waals surface area (Å²) in [5.41, 5.74) is -0.795. The minimum Gasteiger partial charge on any atom is -0.465 e. The summed E-state index contributed by atoms with van der Waals surface area (Å²) >= 11 is 0. The zero-order chi connectivity index (χ0) is 24.2. The van der Waals surface area contributed by atoms with Crippen LogP contribution in [-0.2, 0) is 25.2 Å². The molecule has 2 aliphatic rings. The van der Waals surface area contributed by atoms with E-state index >= 15 is 0 Å². The molecule has 2 unspecified atom stereocenters. The number of likely N-dealkylation sites (tertiary alicyclic amines) is 1. The quantitative estimate of drug-likeness (QED) is 0.569. The van der Waals surface area contributed by atoms with E-state index in [2.05, 4.69) is 4.99 Å². The predicted molar refractivity (Wildman–Crippen MR) is 117 cm³/mol. The fraction of sp³-hybridized carbons (Fsp3) is 0.542. The Labute approximate surface area is 191 Å². The second-order valence-electron chi connectivity index (χ2n) is 8.05. The van der Waals surface area contributed by atoms with Crippen molar-refractivity contribution in [2.75, 3.05) is 26.3 Å². The van der Waals surface area contributed by atoms with Gasteiger partial charge >= 0.3 is 18.1 Å². The lowest BCUT2D eigenvalue weighted by atomic mass is 9.74. The van der Waals surface area contributed by atoms with E-state index in [4.69, 9.17) is 9.47 Å². The highest BCUT2D eigenvalue weighted by atomic mass is 19.4. The first-order valence-corrected chi connectivity index (χ1v) is 11.2. The molecule has 0 bridgehead atoms. The van der Waals surface area contributed by atoms with Crippen LogP contribution in [0, 0.1) is 5.92 Å². The molecule has 1 fully saturated rings. The third-order valence-electron chi connectivity index (χ3n) is 5.91. The summed E-state index contributed by atoms with van der Waals surface area (Å²) in [4.78, 5) is 32.7. The fourth-order valence-corrected chi connectivity index (χ4v) is 4.52. The van der Waals surface area contributed by atoms with Gasteiger partial charge in [0.15, 0.2) is 0 Å². The third-order valence-corrected chi connectivity index (χ3v) is 5.91. The molecule has 9 heteroatoms. The minimum absolute atomic E-state index is 0.0286. The van der Waals surface area contributed by atoms with Gasteiger partial charge in [-0.1, -0.05) is 18.2 Å². The average Bonchev–Trinajstić information content (AvgIpc) is 2.78. The summed E-state index contributed by atoms with van der Waals surface area (Å²) in [5, 5.41) is 0. The summed E-state index contributed by atoms with van der Waals surface area (Å²) in [6.07, 6.45) is -1.91. The van der Waals surface area contributed by atoms with Crippen molar-refractivity contribution in [1.29, 1.82) is 0 Å². The van der Waals surface area contributed by atoms with Gasteiger partial charge in [-0.25, -0.2) is 9.79 Å². The molecule has 0 aliphatic carbocycles. The SMILES string of the molecule is CCOC(=O)C1=C(N2CCCCC2)N=C(C)C(C(=O)OCC)C1c1ccccc1C(F)(F)F. The lowest BCUT2D eigenvalue weighted by molar-refractivity contribution is -0.147. The van der Waals surface area contributed by atoms with Gasteiger partial charge in [0, 0.05) is 24.7 Å². The van der Waals surface area contributed by atoms with E-state index in [-0.39, 0.29) is 30.2 Å². The van der Waals surface area contributed by atoms with Crippen molar-refractivity contribution in [3.63, 3.8) is 0 Å². The number of alkyl halides is 3. The van der Waals surface area contributed by atoms with E-state index in [0.29, 0.717) is 18.8 Å². The largest absolute Gasteiger partial charge is 0.465 e. The van der Waals surface area contributed by atoms with Gasteiger partial charge in [0.1, 0.15) is 11.7 Å². The van der Waals surface area contributed by atoms with Crippen LogP contribution in [0.25, 0.3) is 0 Å². The van der Waals surface area contributed by atoms with Crippen molar-refractivity contribution in [1.82, 2.24) is 4.90 Å². The van der Waals surface area contributed by atoms with Gasteiger partial charge in [-0.15, -0.1) is 0 Å². The van der Waals surface area contributed by atoms with Crippen molar-refractivity contribution in [3.05, 3.63) is 46.8 Å². The minimum atomic E-state index is -4.68. The monoisotopic (exact) mass is 466 g/mol. The maximum atomic E-state index is 14.0. The van der Waals surface area contributed by atoms with Crippen molar-refractivity contribution >= 4 is 17.7 Å². The Hall–Kier alpha value is -2.84. The standard InChI is InChI=1S/C24H29F3N2O4/c1-4-32-22(30)18-15(3)28-21(29-13-9-6-10-14-29)20(23(31)33-5-2)19(18)16-11-7-8-12-17(16)24(25,26)27/h7-8,11-12,18-19H,4-6,9-10,13-14H2,1-3H3. The number of rotatable bonds is 6. The Morgan fingerprint density at radius 1 is 1.06 bits per heavy atom. The van der Waals surface area contributed by atoms with Crippen LogP contribution in [0.5, 0.6) is 0 Å². The zero-order valence-electron chi connectivity index (χ0n) is 19.1. The van der Waals surface area contributed by atoms with E-state index < -0.39 is 35.5 Å². The molecule has 1 aromatic rings. The Morgan fingerprint density at radius 2 is 1.70 bits per heavy atom. The van der Waals surface area contributed by atoms with E-state index in [1.807, 2.05) is 4.90 Å². The van der Waals surface area contributed by atoms with E-state index in [0.717, 1.165) is 25.3 Å². The highest BCUT2D eigenvalue weighted by Crippen LogP contribution is 2.45. The number of ether oxygens (including phenoxy) is 2. The molecule has 0 spiro atoms. The van der Waals surface area contributed by atoms with Gasteiger partial charge in [-0.05, 0) is 51.7 Å². The molecule has 0 amide bonds. The van der Waals surface area contributed by atoms with Crippen molar-refractivity contribution in [2.24, 2.45) is 10.9 Å². The Morgan fingerprint density at radius 3 is 2.30 bits per heavy atom. The molecule has 1 aromatic carbocycles. The molecule has 6 nitrogen and oxygen atoms in total. The van der Waals surface area contributed by atoms with Crippen LogP contribution in [0.3, 0.4) is 0 Å². The first-order valence-electron chi connectivity index (χ1n) is 11.2. The van der Waals surface area contributed by atoms with Gasteiger partial charge in [0.05, 0.1) is 24.4 Å². The molecular formula is C24H29F3N2O4. The smallest absolute Gasteiger partial charge is 0.416 e. The normalized spacial score (nSPS) is 21.5. The molecular weight excluding hydrogens is 437 g/mol. The summed E-state index contributed by atoms with van der Waals surface area (Å²) in [7, 11) is 0. The Balaban J connectivity index is 2.30. The predicted octanol–water partition coefficient (Wildman–Crippen LogP) is 4.70. The van der Waals surface area contributed by atoms with E-state index in [1.165, 1.54) is 18.2 Å². The molecule has 2 atom stereocenters. The van der Waals surface area contributed by atoms with Crippen molar-refractivity contribution in [2.45, 2.75) is 52.1 Å². The van der Waals surface area contributed by atoms with Gasteiger partial charge in [-0.2, -0.15) is 13.2 Å². The number of nitrogens with zero attached hydrogens (tertiary/aromatic N) is 2. The highest BCUT2D eigenvalue weighted by Gasteiger charge is 2.47. The number of piperidine rings is 1. The molecule has 0 aromatic heterocycles. The summed E-state index contributed by atoms with van der Waals surface area (Å²) < 4.78 is 52.5. The number of benzene rings is 1. The maximum absolute atomic E-state index is 14.0. The van der Waals surface area contributed by atoms with Crippen LogP contribution in [0.1, 0.15) is 57.1 Å². The molecule has 0 N–H and O–H groups in total. The van der Waals surface area contributed by atoms with Crippen molar-refractivity contribution < 1.29 is 32.2 Å². The first kappa shape index (κ1) is 24.8. The third kappa shape index (κ3) is 5.23. The Bertz CT molecular complexity index is 949. The topological polar surface area (TPSA) is 68.2 Å². The maximum Gasteiger partial charge on any atom is 0.416 e. The lowest BCUT2D eigenvalue weighted by Crippen LogP contribution is -2.41. The second kappa shape index (κ2) is 10.4. The van der Waals surface area contributed by atoms with Crippen LogP contribution in [0.4, 0.5) is 13.2 Å². The molecule has 2 heterocycles. The molecule has 33 heavy (non-hydrogen) atoms. The summed E-state index contributed by atoms with van der Waals surface area (Å²) in [6, 6.07) is 5.03. The number of hydrogen-bond acceptors (Lipinski definition) is 6. The number of carbonyl (C=O) groups is 2. The van der Waals surface area contributed by atoms with Gasteiger partial charge in [-0.3, -0.25) is 4.79 Å². The van der Waals surface area contributed by atoms with Gasteiger partial charge < -0.3 is 14.4 Å². The molecule has 0 radical (unpaired) electrons. The number of esters is 2. The van der Waals surface area contributed by atoms with E-state index in [9.17, 15) is 22.8 Å². The van der Waals surface area contributed by atoms with Crippen LogP contribution >= 0.6 is 0 Å². The van der Waals surface area contributed by atoms with Crippen LogP contribution in [0.15, 0.2) is 40.7 Å². The molecule has 3 rings (SSSR count). The highest BCUT2D eigenvalue weighted by molar-refractivity contribution is 6.07. The summed E-state index contributed by atoms with van der Waals surface area (Å²) in [6.45, 7) is 6.16.